The van der Waals surface area contributed by atoms with Gasteiger partial charge < -0.3 is 0 Å². The normalized spacial score (nSPS) is 11.6. The SMILES string of the molecule is c1csc(P(CCP(c2nccs2)c2nccs2)c2nccs2)n1. The quantitative estimate of drug-likeness (QED) is 0.426. The van der Waals surface area contributed by atoms with Crippen LogP contribution >= 0.6 is 61.2 Å². The summed E-state index contributed by atoms with van der Waals surface area (Å²) in [4.78, 5) is 18.3. The van der Waals surface area contributed by atoms with Crippen LogP contribution in [-0.2, 0) is 0 Å². The van der Waals surface area contributed by atoms with Crippen molar-refractivity contribution in [3.8, 4) is 0 Å². The minimum Gasteiger partial charge on any atom is -0.244 e. The number of hydrogen-bond acceptors (Lipinski definition) is 8. The van der Waals surface area contributed by atoms with Crippen LogP contribution in [-0.4, -0.2) is 32.3 Å². The highest BCUT2D eigenvalue weighted by Crippen LogP contribution is 2.42. The molecule has 24 heavy (non-hydrogen) atoms. The molecule has 0 saturated carbocycles. The fourth-order valence-corrected chi connectivity index (χ4v) is 12.4. The van der Waals surface area contributed by atoms with E-state index < -0.39 is 15.8 Å². The van der Waals surface area contributed by atoms with Gasteiger partial charge in [-0.1, -0.05) is 0 Å². The summed E-state index contributed by atoms with van der Waals surface area (Å²) in [5, 5.41) is 8.23. The minimum absolute atomic E-state index is 0.476. The molecule has 4 heterocycles. The van der Waals surface area contributed by atoms with Crippen LogP contribution in [0.2, 0.25) is 0 Å². The Morgan fingerprint density at radius 2 is 0.833 bits per heavy atom. The first-order valence-corrected chi connectivity index (χ1v) is 13.6. The summed E-state index contributed by atoms with van der Waals surface area (Å²) >= 11 is 6.97. The Labute approximate surface area is 158 Å². The van der Waals surface area contributed by atoms with E-state index in [1.165, 1.54) is 19.0 Å². The Kier molecular flexibility index (Phi) is 5.73. The van der Waals surface area contributed by atoms with E-state index >= 15 is 0 Å². The fourth-order valence-electron chi connectivity index (χ4n) is 2.14. The molecular formula is C14H12N4P2S4. The number of thiazole rings is 4. The lowest BCUT2D eigenvalue weighted by Crippen LogP contribution is -2.19. The molecule has 4 aromatic heterocycles. The molecule has 4 rings (SSSR count). The molecule has 0 amide bonds. The molecule has 0 radical (unpaired) electrons. The molecule has 0 fully saturated rings. The number of aromatic nitrogens is 4. The zero-order chi connectivity index (χ0) is 16.2. The summed E-state index contributed by atoms with van der Waals surface area (Å²) in [6.07, 6.45) is 9.75. The van der Waals surface area contributed by atoms with Gasteiger partial charge in [-0.05, 0) is 12.3 Å². The molecule has 0 aromatic carbocycles. The standard InChI is InChI=1S/C14H12N4P2S4/c1-7-21-11(15-1)19(12-16-2-8-22-12)5-6-20(13-17-3-9-23-13)14-18-4-10-24-14/h1-4,7-10H,5-6H2. The molecule has 0 aliphatic rings. The molecule has 4 nitrogen and oxygen atoms in total. The largest absolute Gasteiger partial charge is 0.244 e. The van der Waals surface area contributed by atoms with Crippen LogP contribution in [0.1, 0.15) is 0 Å². The van der Waals surface area contributed by atoms with Crippen molar-refractivity contribution in [1.29, 1.82) is 0 Å². The number of hydrogen-bond donors (Lipinski definition) is 0. The van der Waals surface area contributed by atoms with Crippen LogP contribution in [0.3, 0.4) is 0 Å². The van der Waals surface area contributed by atoms with Gasteiger partial charge in [-0.15, -0.1) is 45.3 Å². The summed E-state index contributed by atoms with van der Waals surface area (Å²) in [6.45, 7) is 0. The first-order valence-electron chi connectivity index (χ1n) is 7.05. The molecule has 10 heteroatoms. The van der Waals surface area contributed by atoms with E-state index in [1.54, 1.807) is 45.3 Å². The van der Waals surface area contributed by atoms with E-state index in [1.807, 2.05) is 24.8 Å². The van der Waals surface area contributed by atoms with Gasteiger partial charge in [0.1, 0.15) is 19.0 Å². The van der Waals surface area contributed by atoms with Gasteiger partial charge in [-0.25, -0.2) is 19.9 Å². The first kappa shape index (κ1) is 16.8. The van der Waals surface area contributed by atoms with Crippen molar-refractivity contribution in [3.63, 3.8) is 0 Å². The van der Waals surface area contributed by atoms with Gasteiger partial charge in [-0.3, -0.25) is 0 Å². The summed E-state index contributed by atoms with van der Waals surface area (Å²) in [5.41, 5.74) is 0. The van der Waals surface area contributed by atoms with Gasteiger partial charge in [0.05, 0.1) is 0 Å². The molecule has 0 bridgehead atoms. The van der Waals surface area contributed by atoms with Gasteiger partial charge in [0.15, 0.2) is 0 Å². The Morgan fingerprint density at radius 1 is 0.542 bits per heavy atom. The smallest absolute Gasteiger partial charge is 0.122 e. The molecule has 0 aliphatic carbocycles. The molecular weight excluding hydrogens is 414 g/mol. The lowest BCUT2D eigenvalue weighted by atomic mass is 11.0. The van der Waals surface area contributed by atoms with Crippen molar-refractivity contribution in [2.45, 2.75) is 0 Å². The maximum atomic E-state index is 4.57. The van der Waals surface area contributed by atoms with Gasteiger partial charge in [0, 0.05) is 62.2 Å². The maximum Gasteiger partial charge on any atom is 0.122 e. The van der Waals surface area contributed by atoms with Gasteiger partial charge in [0.25, 0.3) is 0 Å². The van der Waals surface area contributed by atoms with Gasteiger partial charge >= 0.3 is 0 Å². The monoisotopic (exact) mass is 426 g/mol. The second-order valence-corrected chi connectivity index (χ2v) is 13.7. The second-order valence-electron chi connectivity index (χ2n) is 4.56. The van der Waals surface area contributed by atoms with Crippen molar-refractivity contribution in [3.05, 3.63) is 46.3 Å². The van der Waals surface area contributed by atoms with E-state index in [4.69, 9.17) is 0 Å². The average molecular weight is 426 g/mol. The second kappa shape index (κ2) is 8.17. The van der Waals surface area contributed by atoms with Crippen LogP contribution in [0.4, 0.5) is 0 Å². The third-order valence-electron chi connectivity index (χ3n) is 3.15. The zero-order valence-corrected chi connectivity index (χ0v) is 17.4. The Morgan fingerprint density at radius 3 is 1.04 bits per heavy atom. The van der Waals surface area contributed by atoms with Crippen molar-refractivity contribution < 1.29 is 0 Å². The Hall–Kier alpha value is -0.620. The third-order valence-corrected chi connectivity index (χ3v) is 13.4. The predicted octanol–water partition coefficient (Wildman–Crippen LogP) is 3.08. The molecule has 0 saturated heterocycles. The predicted molar refractivity (Wildman–Crippen MR) is 111 cm³/mol. The molecule has 0 atom stereocenters. The Balaban J connectivity index is 1.58. The van der Waals surface area contributed by atoms with Crippen molar-refractivity contribution >= 4 is 80.2 Å². The summed E-state index contributed by atoms with van der Waals surface area (Å²) in [5.74, 6) is 0. The van der Waals surface area contributed by atoms with Gasteiger partial charge in [-0.2, -0.15) is 0 Å². The highest BCUT2D eigenvalue weighted by Gasteiger charge is 2.24. The Bertz CT molecular complexity index is 691. The highest BCUT2D eigenvalue weighted by molar-refractivity contribution is 7.84. The molecule has 0 unspecified atom stereocenters. The van der Waals surface area contributed by atoms with Crippen molar-refractivity contribution in [1.82, 2.24) is 19.9 Å². The zero-order valence-electron chi connectivity index (χ0n) is 12.3. The average Bonchev–Trinajstić information content (AvgIpc) is 3.42. The van der Waals surface area contributed by atoms with E-state index in [0.29, 0.717) is 0 Å². The van der Waals surface area contributed by atoms with E-state index in [9.17, 15) is 0 Å². The van der Waals surface area contributed by atoms with Crippen LogP contribution < -0.4 is 19.0 Å². The van der Waals surface area contributed by atoms with E-state index in [0.717, 1.165) is 12.3 Å². The van der Waals surface area contributed by atoms with Crippen LogP contribution in [0, 0.1) is 0 Å². The van der Waals surface area contributed by atoms with Crippen LogP contribution in [0.25, 0.3) is 0 Å². The fraction of sp³-hybridized carbons (Fsp3) is 0.143. The lowest BCUT2D eigenvalue weighted by Gasteiger charge is -2.16. The molecule has 4 aromatic rings. The topological polar surface area (TPSA) is 51.6 Å². The summed E-state index contributed by atoms with van der Waals surface area (Å²) in [6, 6.07) is 0. The lowest BCUT2D eigenvalue weighted by molar-refractivity contribution is 1.41. The molecule has 0 spiro atoms. The van der Waals surface area contributed by atoms with Crippen molar-refractivity contribution in [2.24, 2.45) is 0 Å². The maximum absolute atomic E-state index is 4.57. The van der Waals surface area contributed by atoms with Crippen molar-refractivity contribution in [2.75, 3.05) is 12.3 Å². The molecule has 0 N–H and O–H groups in total. The van der Waals surface area contributed by atoms with Crippen LogP contribution in [0.15, 0.2) is 46.3 Å². The summed E-state index contributed by atoms with van der Waals surface area (Å²) in [7, 11) is -0.953. The number of rotatable bonds is 7. The van der Waals surface area contributed by atoms with Gasteiger partial charge in [0.2, 0.25) is 0 Å². The molecule has 0 aliphatic heterocycles. The molecule has 122 valence electrons. The third kappa shape index (κ3) is 3.79. The van der Waals surface area contributed by atoms with E-state index in [-0.39, 0.29) is 0 Å². The minimum atomic E-state index is -0.476. The highest BCUT2D eigenvalue weighted by atomic mass is 32.1. The number of nitrogens with zero attached hydrogens (tertiary/aromatic N) is 4. The van der Waals surface area contributed by atoms with Crippen LogP contribution in [0.5, 0.6) is 0 Å². The summed E-state index contributed by atoms with van der Waals surface area (Å²) < 4.78 is 4.86. The first-order chi connectivity index (χ1) is 11.9. The van der Waals surface area contributed by atoms with E-state index in [2.05, 4.69) is 41.5 Å².